The van der Waals surface area contributed by atoms with Gasteiger partial charge in [-0.2, -0.15) is 4.31 Å². The molecule has 0 bridgehead atoms. The number of amides is 1. The van der Waals surface area contributed by atoms with Crippen LogP contribution >= 0.6 is 11.8 Å². The summed E-state index contributed by atoms with van der Waals surface area (Å²) in [6.07, 6.45) is 0. The minimum atomic E-state index is -3.80. The molecule has 1 amide bonds. The fourth-order valence-corrected chi connectivity index (χ4v) is 6.90. The molecule has 2 aliphatic rings. The van der Waals surface area contributed by atoms with Gasteiger partial charge in [-0.15, -0.1) is 0 Å². The molecular weight excluding hydrogens is 500 g/mol. The van der Waals surface area contributed by atoms with E-state index in [4.69, 9.17) is 9.47 Å². The predicted molar refractivity (Wildman–Crippen MR) is 135 cm³/mol. The van der Waals surface area contributed by atoms with E-state index in [9.17, 15) is 18.0 Å². The van der Waals surface area contributed by atoms with Crippen LogP contribution in [-0.2, 0) is 24.3 Å². The van der Waals surface area contributed by atoms with Crippen molar-refractivity contribution >= 4 is 45.0 Å². The number of carbonyl (C=O) groups excluding carboxylic acids is 2. The zero-order valence-electron chi connectivity index (χ0n) is 19.5. The molecule has 186 valence electrons. The van der Waals surface area contributed by atoms with Crippen LogP contribution in [0, 0.1) is 6.92 Å². The van der Waals surface area contributed by atoms with Gasteiger partial charge in [0.15, 0.2) is 6.61 Å². The largest absolute Gasteiger partial charge is 0.452 e. The van der Waals surface area contributed by atoms with Crippen LogP contribution in [-0.4, -0.2) is 57.5 Å². The number of carbonyl (C=O) groups is 2. The molecule has 10 heteroatoms. The minimum Gasteiger partial charge on any atom is -0.452 e. The van der Waals surface area contributed by atoms with Crippen molar-refractivity contribution in [1.29, 1.82) is 0 Å². The van der Waals surface area contributed by atoms with Gasteiger partial charge in [0.2, 0.25) is 10.0 Å². The standard InChI is InChI=1S/C26H24N2O6S2/c1-18-10-11-19(16-24(18)36(31,32)27-12-14-33-15-13-27)26(30)34-17-25(29)28-20-6-2-4-8-22(20)35-23-9-5-3-7-21(23)28/h2-11,16H,12-15,17H2,1H3. The summed E-state index contributed by atoms with van der Waals surface area (Å²) < 4.78 is 38.3. The molecular formula is C26H24N2O6S2. The summed E-state index contributed by atoms with van der Waals surface area (Å²) in [5.41, 5.74) is 2.02. The maximum Gasteiger partial charge on any atom is 0.338 e. The van der Waals surface area contributed by atoms with Crippen molar-refractivity contribution in [2.75, 3.05) is 37.8 Å². The Morgan fingerprint density at radius 2 is 1.56 bits per heavy atom. The van der Waals surface area contributed by atoms with E-state index in [0.29, 0.717) is 18.8 Å². The summed E-state index contributed by atoms with van der Waals surface area (Å²) in [6, 6.07) is 19.5. The number of sulfonamides is 1. The van der Waals surface area contributed by atoms with Gasteiger partial charge in [0, 0.05) is 22.9 Å². The molecule has 3 aromatic rings. The van der Waals surface area contributed by atoms with Gasteiger partial charge >= 0.3 is 5.97 Å². The number of morpholine rings is 1. The molecule has 1 saturated heterocycles. The molecule has 0 atom stereocenters. The summed E-state index contributed by atoms with van der Waals surface area (Å²) in [4.78, 5) is 29.6. The van der Waals surface area contributed by atoms with E-state index in [1.165, 1.54) is 16.4 Å². The molecule has 0 aliphatic carbocycles. The second-order valence-electron chi connectivity index (χ2n) is 8.34. The Hall–Kier alpha value is -3.18. The highest BCUT2D eigenvalue weighted by Crippen LogP contribution is 2.47. The number of esters is 1. The zero-order chi connectivity index (χ0) is 25.3. The third-order valence-corrected chi connectivity index (χ3v) is 9.19. The highest BCUT2D eigenvalue weighted by molar-refractivity contribution is 7.99. The van der Waals surface area contributed by atoms with Gasteiger partial charge in [-0.05, 0) is 48.9 Å². The molecule has 36 heavy (non-hydrogen) atoms. The Labute approximate surface area is 213 Å². The van der Waals surface area contributed by atoms with Crippen molar-refractivity contribution in [3.63, 3.8) is 0 Å². The Morgan fingerprint density at radius 1 is 0.944 bits per heavy atom. The number of fused-ring (bicyclic) bond motifs is 2. The maximum absolute atomic E-state index is 13.3. The monoisotopic (exact) mass is 524 g/mol. The second-order valence-corrected chi connectivity index (χ2v) is 11.3. The van der Waals surface area contributed by atoms with E-state index in [0.717, 1.165) is 21.2 Å². The highest BCUT2D eigenvalue weighted by Gasteiger charge is 2.30. The average Bonchev–Trinajstić information content (AvgIpc) is 2.90. The smallest absolute Gasteiger partial charge is 0.338 e. The molecule has 3 aromatic carbocycles. The molecule has 0 N–H and O–H groups in total. The molecule has 5 rings (SSSR count). The molecule has 0 aromatic heterocycles. The Kier molecular flexibility index (Phi) is 6.85. The first kappa shape index (κ1) is 24.5. The number of nitrogens with zero attached hydrogens (tertiary/aromatic N) is 2. The number of hydrogen-bond donors (Lipinski definition) is 0. The number of rotatable bonds is 5. The van der Waals surface area contributed by atoms with Crippen molar-refractivity contribution < 1.29 is 27.5 Å². The number of hydrogen-bond acceptors (Lipinski definition) is 7. The number of ether oxygens (including phenoxy) is 2. The summed E-state index contributed by atoms with van der Waals surface area (Å²) in [5, 5.41) is 0. The zero-order valence-corrected chi connectivity index (χ0v) is 21.2. The van der Waals surface area contributed by atoms with Gasteiger partial charge in [-0.25, -0.2) is 13.2 Å². The van der Waals surface area contributed by atoms with Gasteiger partial charge in [-0.3, -0.25) is 9.69 Å². The minimum absolute atomic E-state index is 0.0427. The lowest BCUT2D eigenvalue weighted by Crippen LogP contribution is -2.40. The summed E-state index contributed by atoms with van der Waals surface area (Å²) >= 11 is 1.57. The SMILES string of the molecule is Cc1ccc(C(=O)OCC(=O)N2c3ccccc3Sc3ccccc32)cc1S(=O)(=O)N1CCOCC1. The van der Waals surface area contributed by atoms with Crippen LogP contribution in [0.1, 0.15) is 15.9 Å². The van der Waals surface area contributed by atoms with E-state index in [2.05, 4.69) is 0 Å². The maximum atomic E-state index is 13.3. The van der Waals surface area contributed by atoms with Crippen LogP contribution in [0.25, 0.3) is 0 Å². The van der Waals surface area contributed by atoms with Crippen molar-refractivity contribution in [1.82, 2.24) is 4.31 Å². The molecule has 8 nitrogen and oxygen atoms in total. The Morgan fingerprint density at radius 3 is 2.19 bits per heavy atom. The summed E-state index contributed by atoms with van der Waals surface area (Å²) in [6.45, 7) is 2.33. The predicted octanol–water partition coefficient (Wildman–Crippen LogP) is 4.00. The number of anilines is 2. The third kappa shape index (κ3) is 4.64. The highest BCUT2D eigenvalue weighted by atomic mass is 32.2. The fraction of sp³-hybridized carbons (Fsp3) is 0.231. The first-order chi connectivity index (χ1) is 17.4. The molecule has 1 fully saturated rings. The molecule has 0 radical (unpaired) electrons. The number of para-hydroxylation sites is 2. The molecule has 0 spiro atoms. The molecule has 0 saturated carbocycles. The van der Waals surface area contributed by atoms with Crippen LogP contribution in [0.2, 0.25) is 0 Å². The van der Waals surface area contributed by atoms with Crippen molar-refractivity contribution in [2.45, 2.75) is 21.6 Å². The topological polar surface area (TPSA) is 93.2 Å². The lowest BCUT2D eigenvalue weighted by molar-refractivity contribution is -0.121. The van der Waals surface area contributed by atoms with Crippen LogP contribution in [0.3, 0.4) is 0 Å². The summed E-state index contributed by atoms with van der Waals surface area (Å²) in [7, 11) is -3.80. The van der Waals surface area contributed by atoms with E-state index in [1.807, 2.05) is 48.5 Å². The van der Waals surface area contributed by atoms with Gasteiger partial charge in [0.1, 0.15) is 0 Å². The second kappa shape index (κ2) is 10.1. The third-order valence-electron chi connectivity index (χ3n) is 6.02. The lowest BCUT2D eigenvalue weighted by atomic mass is 10.1. The van der Waals surface area contributed by atoms with Crippen LogP contribution in [0.4, 0.5) is 11.4 Å². The van der Waals surface area contributed by atoms with Crippen molar-refractivity contribution in [3.8, 4) is 0 Å². The number of benzene rings is 3. The van der Waals surface area contributed by atoms with Crippen LogP contribution < -0.4 is 4.90 Å². The van der Waals surface area contributed by atoms with E-state index in [-0.39, 0.29) is 23.5 Å². The van der Waals surface area contributed by atoms with Gasteiger partial charge in [0.05, 0.1) is 35.0 Å². The normalized spacial score (nSPS) is 15.6. The first-order valence-electron chi connectivity index (χ1n) is 11.4. The molecule has 2 aliphatic heterocycles. The van der Waals surface area contributed by atoms with Crippen LogP contribution in [0.15, 0.2) is 81.4 Å². The lowest BCUT2D eigenvalue weighted by Gasteiger charge is -2.30. The van der Waals surface area contributed by atoms with Crippen molar-refractivity contribution in [2.24, 2.45) is 0 Å². The van der Waals surface area contributed by atoms with E-state index < -0.39 is 28.5 Å². The Balaban J connectivity index is 1.35. The van der Waals surface area contributed by atoms with Gasteiger partial charge < -0.3 is 9.47 Å². The van der Waals surface area contributed by atoms with Gasteiger partial charge in [-0.1, -0.05) is 42.1 Å². The first-order valence-corrected chi connectivity index (χ1v) is 13.7. The quantitative estimate of drug-likeness (QED) is 0.466. The fourth-order valence-electron chi connectivity index (χ4n) is 4.18. The number of aryl methyl sites for hydroxylation is 1. The Bertz CT molecular complexity index is 1390. The molecule has 0 unspecified atom stereocenters. The van der Waals surface area contributed by atoms with E-state index >= 15 is 0 Å². The van der Waals surface area contributed by atoms with Crippen molar-refractivity contribution in [3.05, 3.63) is 77.9 Å². The van der Waals surface area contributed by atoms with Crippen LogP contribution in [0.5, 0.6) is 0 Å². The average molecular weight is 525 g/mol. The summed E-state index contributed by atoms with van der Waals surface area (Å²) in [5.74, 6) is -1.17. The van der Waals surface area contributed by atoms with Gasteiger partial charge in [0.25, 0.3) is 5.91 Å². The van der Waals surface area contributed by atoms with E-state index in [1.54, 1.807) is 29.7 Å². The molecule has 2 heterocycles.